The molecule has 0 spiro atoms. The molecular weight excluding hydrogens is 258 g/mol. The summed E-state index contributed by atoms with van der Waals surface area (Å²) in [7, 11) is 1.77. The van der Waals surface area contributed by atoms with E-state index >= 15 is 0 Å². The quantitative estimate of drug-likeness (QED) is 0.818. The van der Waals surface area contributed by atoms with Crippen LogP contribution in [0.25, 0.3) is 0 Å². The van der Waals surface area contributed by atoms with Gasteiger partial charge in [0.15, 0.2) is 0 Å². The molecule has 2 unspecified atom stereocenters. The molecular formula is C13H23N5O2. The molecule has 1 fully saturated rings. The highest BCUT2D eigenvalue weighted by Gasteiger charge is 2.23. The normalized spacial score (nSPS) is 19.9. The van der Waals surface area contributed by atoms with Crippen LogP contribution in [0.3, 0.4) is 0 Å². The van der Waals surface area contributed by atoms with Crippen LogP contribution >= 0.6 is 0 Å². The van der Waals surface area contributed by atoms with E-state index in [1.165, 1.54) is 0 Å². The fourth-order valence-corrected chi connectivity index (χ4v) is 2.06. The highest BCUT2D eigenvalue weighted by molar-refractivity contribution is 5.36. The van der Waals surface area contributed by atoms with E-state index in [2.05, 4.69) is 32.5 Å². The largest absolute Gasteiger partial charge is 0.461 e. The maximum Gasteiger partial charge on any atom is 0.323 e. The van der Waals surface area contributed by atoms with Crippen molar-refractivity contribution < 1.29 is 9.47 Å². The lowest BCUT2D eigenvalue weighted by atomic mass is 10.0. The maximum atomic E-state index is 5.54. The zero-order valence-corrected chi connectivity index (χ0v) is 12.5. The third-order valence-corrected chi connectivity index (χ3v) is 3.21. The molecule has 2 N–H and O–H groups in total. The number of aromatic nitrogens is 3. The van der Waals surface area contributed by atoms with Gasteiger partial charge >= 0.3 is 6.01 Å². The number of rotatable bonds is 6. The van der Waals surface area contributed by atoms with Crippen molar-refractivity contribution in [1.82, 2.24) is 15.0 Å². The van der Waals surface area contributed by atoms with Gasteiger partial charge in [-0.1, -0.05) is 0 Å². The van der Waals surface area contributed by atoms with Crippen LogP contribution in [0.4, 0.5) is 11.9 Å². The highest BCUT2D eigenvalue weighted by Crippen LogP contribution is 2.20. The van der Waals surface area contributed by atoms with Crippen molar-refractivity contribution in [1.29, 1.82) is 0 Å². The van der Waals surface area contributed by atoms with Gasteiger partial charge in [-0.15, -0.1) is 0 Å². The zero-order valence-electron chi connectivity index (χ0n) is 12.5. The number of nitrogens with one attached hydrogen (secondary N) is 2. The van der Waals surface area contributed by atoms with Crippen LogP contribution in [0.2, 0.25) is 0 Å². The second-order valence-electron chi connectivity index (χ2n) is 5.24. The Morgan fingerprint density at radius 2 is 1.95 bits per heavy atom. The molecule has 0 bridgehead atoms. The number of ether oxygens (including phenoxy) is 2. The molecule has 0 radical (unpaired) electrons. The smallest absolute Gasteiger partial charge is 0.323 e. The van der Waals surface area contributed by atoms with Crippen molar-refractivity contribution in [2.75, 3.05) is 30.9 Å². The van der Waals surface area contributed by atoms with Crippen LogP contribution in [0.1, 0.15) is 27.2 Å². The average molecular weight is 281 g/mol. The minimum atomic E-state index is 0.0237. The second kappa shape index (κ2) is 6.69. The fraction of sp³-hybridized carbons (Fsp3) is 0.769. The van der Waals surface area contributed by atoms with Gasteiger partial charge in [-0.3, -0.25) is 0 Å². The first-order valence-corrected chi connectivity index (χ1v) is 7.03. The van der Waals surface area contributed by atoms with Crippen LogP contribution < -0.4 is 15.4 Å². The van der Waals surface area contributed by atoms with Crippen LogP contribution in [0, 0.1) is 5.92 Å². The molecule has 1 aromatic heterocycles. The van der Waals surface area contributed by atoms with Gasteiger partial charge in [-0.2, -0.15) is 15.0 Å². The monoisotopic (exact) mass is 281 g/mol. The number of anilines is 2. The van der Waals surface area contributed by atoms with Crippen molar-refractivity contribution in [2.45, 2.75) is 39.3 Å². The third-order valence-electron chi connectivity index (χ3n) is 3.21. The molecule has 7 nitrogen and oxygen atoms in total. The van der Waals surface area contributed by atoms with Crippen molar-refractivity contribution in [2.24, 2.45) is 5.92 Å². The van der Waals surface area contributed by atoms with Gasteiger partial charge in [0.05, 0.1) is 12.7 Å². The summed E-state index contributed by atoms with van der Waals surface area (Å²) in [5, 5.41) is 6.23. The number of nitrogens with zero attached hydrogens (tertiary/aromatic N) is 3. The Bertz CT molecular complexity index is 435. The van der Waals surface area contributed by atoms with Gasteiger partial charge in [-0.05, 0) is 27.2 Å². The van der Waals surface area contributed by atoms with Gasteiger partial charge in [0.1, 0.15) is 0 Å². The lowest BCUT2D eigenvalue weighted by Crippen LogP contribution is -2.27. The van der Waals surface area contributed by atoms with E-state index in [0.29, 0.717) is 23.8 Å². The molecule has 7 heteroatoms. The average Bonchev–Trinajstić information content (AvgIpc) is 2.91. The van der Waals surface area contributed by atoms with Crippen molar-refractivity contribution in [3.8, 4) is 6.01 Å². The first-order chi connectivity index (χ1) is 9.58. The van der Waals surface area contributed by atoms with Gasteiger partial charge < -0.3 is 20.1 Å². The third kappa shape index (κ3) is 3.93. The Labute approximate surface area is 119 Å². The minimum absolute atomic E-state index is 0.0237. The van der Waals surface area contributed by atoms with E-state index in [4.69, 9.17) is 9.47 Å². The van der Waals surface area contributed by atoms with Crippen LogP contribution in [0.15, 0.2) is 0 Å². The summed E-state index contributed by atoms with van der Waals surface area (Å²) in [5.41, 5.74) is 0. The summed E-state index contributed by atoms with van der Waals surface area (Å²) in [6.07, 6.45) is 1.09. The van der Waals surface area contributed by atoms with Crippen LogP contribution in [-0.2, 0) is 4.74 Å². The number of hydrogen-bond acceptors (Lipinski definition) is 7. The molecule has 20 heavy (non-hydrogen) atoms. The van der Waals surface area contributed by atoms with E-state index in [1.807, 2.05) is 13.8 Å². The Kier molecular flexibility index (Phi) is 4.94. The van der Waals surface area contributed by atoms with Crippen LogP contribution in [-0.4, -0.2) is 47.4 Å². The molecule has 2 heterocycles. The van der Waals surface area contributed by atoms with Crippen LogP contribution in [0.5, 0.6) is 6.01 Å². The van der Waals surface area contributed by atoms with Gasteiger partial charge in [0, 0.05) is 25.6 Å². The Balaban J connectivity index is 2.08. The predicted molar refractivity (Wildman–Crippen MR) is 77.1 cm³/mol. The zero-order chi connectivity index (χ0) is 14.5. The Hall–Kier alpha value is -1.63. The molecule has 0 saturated carbocycles. The standard InChI is InChI=1S/C13H23N5O2/c1-8(2)20-13-17-11(14-4)16-12(18-13)15-9(3)10-5-6-19-7-10/h8-10H,5-7H2,1-4H3,(H2,14,15,16,17,18). The summed E-state index contributed by atoms with van der Waals surface area (Å²) in [6, 6.07) is 0.577. The molecule has 2 rings (SSSR count). The van der Waals surface area contributed by atoms with Gasteiger partial charge in [0.2, 0.25) is 11.9 Å². The van der Waals surface area contributed by atoms with E-state index in [0.717, 1.165) is 19.6 Å². The Morgan fingerprint density at radius 1 is 1.20 bits per heavy atom. The molecule has 2 atom stereocenters. The fourth-order valence-electron chi connectivity index (χ4n) is 2.06. The SMILES string of the molecule is CNc1nc(NC(C)C2CCOC2)nc(OC(C)C)n1. The summed E-state index contributed by atoms with van der Waals surface area (Å²) >= 11 is 0. The lowest BCUT2D eigenvalue weighted by molar-refractivity contribution is 0.183. The summed E-state index contributed by atoms with van der Waals surface area (Å²) in [4.78, 5) is 12.8. The van der Waals surface area contributed by atoms with E-state index in [9.17, 15) is 0 Å². The Morgan fingerprint density at radius 3 is 2.55 bits per heavy atom. The summed E-state index contributed by atoms with van der Waals surface area (Å²) < 4.78 is 10.9. The molecule has 1 aromatic rings. The van der Waals surface area contributed by atoms with E-state index in [1.54, 1.807) is 7.05 Å². The van der Waals surface area contributed by atoms with Crippen molar-refractivity contribution in [3.63, 3.8) is 0 Å². The first kappa shape index (κ1) is 14.8. The summed E-state index contributed by atoms with van der Waals surface area (Å²) in [6.45, 7) is 7.61. The minimum Gasteiger partial charge on any atom is -0.461 e. The second-order valence-corrected chi connectivity index (χ2v) is 5.24. The van der Waals surface area contributed by atoms with Gasteiger partial charge in [0.25, 0.3) is 0 Å². The molecule has 0 aromatic carbocycles. The van der Waals surface area contributed by atoms with Gasteiger partial charge in [-0.25, -0.2) is 0 Å². The van der Waals surface area contributed by atoms with E-state index in [-0.39, 0.29) is 12.1 Å². The lowest BCUT2D eigenvalue weighted by Gasteiger charge is -2.19. The predicted octanol–water partition coefficient (Wildman–Crippen LogP) is 1.54. The summed E-state index contributed by atoms with van der Waals surface area (Å²) in [5.74, 6) is 1.51. The molecule has 0 amide bonds. The molecule has 112 valence electrons. The first-order valence-electron chi connectivity index (χ1n) is 7.03. The molecule has 1 saturated heterocycles. The number of hydrogen-bond donors (Lipinski definition) is 2. The molecule has 1 aliphatic heterocycles. The topological polar surface area (TPSA) is 81.2 Å². The molecule has 0 aliphatic carbocycles. The maximum absolute atomic E-state index is 5.54. The molecule has 1 aliphatic rings. The highest BCUT2D eigenvalue weighted by atomic mass is 16.5. The van der Waals surface area contributed by atoms with E-state index < -0.39 is 0 Å². The van der Waals surface area contributed by atoms with Crippen molar-refractivity contribution in [3.05, 3.63) is 0 Å². The van der Waals surface area contributed by atoms with Crippen molar-refractivity contribution >= 4 is 11.9 Å².